The highest BCUT2D eigenvalue weighted by atomic mass is 35.5. The van der Waals surface area contributed by atoms with Crippen molar-refractivity contribution in [3.05, 3.63) is 75.4 Å². The summed E-state index contributed by atoms with van der Waals surface area (Å²) < 4.78 is 26.7. The molecule has 0 spiro atoms. The molecule has 10 heteroatoms. The summed E-state index contributed by atoms with van der Waals surface area (Å²) in [4.78, 5) is 12.8. The quantitative estimate of drug-likeness (QED) is 0.621. The van der Waals surface area contributed by atoms with Gasteiger partial charge in [-0.05, 0) is 47.9 Å². The first-order valence-electron chi connectivity index (χ1n) is 9.10. The van der Waals surface area contributed by atoms with Crippen LogP contribution in [0.1, 0.15) is 21.5 Å². The molecule has 0 atom stereocenters. The molecule has 30 heavy (non-hydrogen) atoms. The Balaban J connectivity index is 1.53. The zero-order valence-corrected chi connectivity index (χ0v) is 18.3. The summed E-state index contributed by atoms with van der Waals surface area (Å²) in [6, 6.07) is 11.9. The maximum atomic E-state index is 12.8. The molecule has 1 N–H and O–H groups in total. The van der Waals surface area contributed by atoms with E-state index in [1.54, 1.807) is 47.3 Å². The molecule has 0 saturated carbocycles. The normalized spacial score (nSPS) is 13.4. The number of carbonyl (C=O) groups is 1. The zero-order valence-electron chi connectivity index (χ0n) is 16.0. The first-order valence-corrected chi connectivity index (χ1v) is 11.7. The third-order valence-electron chi connectivity index (χ3n) is 4.89. The molecule has 1 aromatic heterocycles. The summed E-state index contributed by atoms with van der Waals surface area (Å²) >= 11 is 12.2. The first kappa shape index (κ1) is 20.7. The van der Waals surface area contributed by atoms with E-state index in [1.165, 1.54) is 10.6 Å². The number of hydrogen-bond acceptors (Lipinski definition) is 4. The van der Waals surface area contributed by atoms with Crippen LogP contribution in [0, 0.1) is 0 Å². The molecule has 0 radical (unpaired) electrons. The summed E-state index contributed by atoms with van der Waals surface area (Å²) in [6.45, 7) is 0.750. The molecule has 0 saturated heterocycles. The van der Waals surface area contributed by atoms with Crippen LogP contribution in [-0.4, -0.2) is 36.9 Å². The third kappa shape index (κ3) is 4.16. The predicted molar refractivity (Wildman–Crippen MR) is 118 cm³/mol. The molecular weight excluding hydrogens is 447 g/mol. The van der Waals surface area contributed by atoms with Crippen molar-refractivity contribution in [1.29, 1.82) is 0 Å². The molecule has 0 aliphatic carbocycles. The van der Waals surface area contributed by atoms with Crippen LogP contribution in [0.25, 0.3) is 0 Å². The topological polar surface area (TPSA) is 84.3 Å². The number of aromatic nitrogens is 2. The van der Waals surface area contributed by atoms with Gasteiger partial charge in [-0.3, -0.25) is 9.10 Å². The Labute approximate surface area is 184 Å². The lowest BCUT2D eigenvalue weighted by atomic mass is 10.1. The Morgan fingerprint density at radius 2 is 1.97 bits per heavy atom. The predicted octanol–water partition coefficient (Wildman–Crippen LogP) is 3.81. The van der Waals surface area contributed by atoms with Gasteiger partial charge in [0.25, 0.3) is 5.91 Å². The summed E-state index contributed by atoms with van der Waals surface area (Å²) in [7, 11) is -3.33. The van der Waals surface area contributed by atoms with E-state index >= 15 is 0 Å². The number of nitrogens with one attached hydrogen (secondary N) is 1. The van der Waals surface area contributed by atoms with Gasteiger partial charge in [-0.25, -0.2) is 13.1 Å². The van der Waals surface area contributed by atoms with Crippen LogP contribution in [0.15, 0.2) is 48.7 Å². The van der Waals surface area contributed by atoms with Crippen LogP contribution >= 0.6 is 23.2 Å². The maximum Gasteiger partial charge on any atom is 0.256 e. The van der Waals surface area contributed by atoms with Crippen molar-refractivity contribution >= 4 is 50.6 Å². The van der Waals surface area contributed by atoms with Crippen molar-refractivity contribution in [2.24, 2.45) is 0 Å². The van der Waals surface area contributed by atoms with Crippen LogP contribution in [0.4, 0.5) is 11.5 Å². The molecule has 1 aliphatic rings. The molecule has 1 amide bonds. The van der Waals surface area contributed by atoms with Gasteiger partial charge in [0.2, 0.25) is 10.0 Å². The van der Waals surface area contributed by atoms with Crippen LogP contribution in [0.2, 0.25) is 10.0 Å². The lowest BCUT2D eigenvalue weighted by molar-refractivity contribution is 0.102. The molecule has 2 aromatic carbocycles. The van der Waals surface area contributed by atoms with Gasteiger partial charge in [0.05, 0.1) is 24.7 Å². The van der Waals surface area contributed by atoms with Gasteiger partial charge >= 0.3 is 0 Å². The highest BCUT2D eigenvalue weighted by Crippen LogP contribution is 2.31. The zero-order chi connectivity index (χ0) is 21.5. The van der Waals surface area contributed by atoms with E-state index in [9.17, 15) is 13.2 Å². The molecule has 156 valence electrons. The average Bonchev–Trinajstić information content (AvgIpc) is 3.29. The largest absolute Gasteiger partial charge is 0.307 e. The van der Waals surface area contributed by atoms with Crippen molar-refractivity contribution in [3.8, 4) is 0 Å². The molecule has 3 aromatic rings. The van der Waals surface area contributed by atoms with E-state index in [-0.39, 0.29) is 5.91 Å². The van der Waals surface area contributed by atoms with E-state index < -0.39 is 10.0 Å². The van der Waals surface area contributed by atoms with E-state index in [0.717, 1.165) is 11.1 Å². The number of benzene rings is 2. The Morgan fingerprint density at radius 3 is 2.70 bits per heavy atom. The minimum absolute atomic E-state index is 0.306. The molecular formula is C20H18Cl2N4O3S. The Kier molecular flexibility index (Phi) is 5.48. The van der Waals surface area contributed by atoms with Gasteiger partial charge in [-0.2, -0.15) is 5.10 Å². The number of hydrogen-bond donors (Lipinski definition) is 1. The Morgan fingerprint density at radius 1 is 1.17 bits per heavy atom. The summed E-state index contributed by atoms with van der Waals surface area (Å²) in [5.74, 6) is 0.212. The standard InChI is InChI=1S/C20H18Cl2N4O3S/c1-30(28,29)26-9-7-13-10-14(3-5-18(13)26)20(27)24-19-6-8-23-25(19)12-15-2-4-16(21)11-17(15)22/h2-6,8,10-11H,7,9,12H2,1H3,(H,24,27). The molecule has 0 bridgehead atoms. The number of sulfonamides is 1. The minimum Gasteiger partial charge on any atom is -0.307 e. The fourth-order valence-electron chi connectivity index (χ4n) is 3.42. The SMILES string of the molecule is CS(=O)(=O)N1CCc2cc(C(=O)Nc3ccnn3Cc3ccc(Cl)cc3Cl)ccc21. The van der Waals surface area contributed by atoms with Crippen LogP contribution in [0.3, 0.4) is 0 Å². The van der Waals surface area contributed by atoms with Gasteiger partial charge in [-0.15, -0.1) is 0 Å². The van der Waals surface area contributed by atoms with Crippen molar-refractivity contribution in [1.82, 2.24) is 9.78 Å². The summed E-state index contributed by atoms with van der Waals surface area (Å²) in [5.41, 5.74) is 2.71. The van der Waals surface area contributed by atoms with Crippen LogP contribution < -0.4 is 9.62 Å². The van der Waals surface area contributed by atoms with Crippen LogP contribution in [0.5, 0.6) is 0 Å². The molecule has 7 nitrogen and oxygen atoms in total. The summed E-state index contributed by atoms with van der Waals surface area (Å²) in [6.07, 6.45) is 3.33. The van der Waals surface area contributed by atoms with Gasteiger partial charge in [-0.1, -0.05) is 29.3 Å². The number of carbonyl (C=O) groups excluding carboxylic acids is 1. The van der Waals surface area contributed by atoms with Crippen molar-refractivity contribution in [2.75, 3.05) is 22.4 Å². The number of rotatable bonds is 5. The molecule has 4 rings (SSSR count). The Hall–Kier alpha value is -2.55. The minimum atomic E-state index is -3.33. The van der Waals surface area contributed by atoms with Gasteiger partial charge in [0.1, 0.15) is 5.82 Å². The van der Waals surface area contributed by atoms with Gasteiger partial charge < -0.3 is 5.32 Å². The third-order valence-corrected chi connectivity index (χ3v) is 6.66. The monoisotopic (exact) mass is 464 g/mol. The van der Waals surface area contributed by atoms with E-state index in [4.69, 9.17) is 23.2 Å². The fraction of sp³-hybridized carbons (Fsp3) is 0.200. The van der Waals surface area contributed by atoms with Gasteiger partial charge in [0, 0.05) is 28.2 Å². The first-order chi connectivity index (χ1) is 14.2. The second-order valence-corrected chi connectivity index (χ2v) is 9.74. The molecule has 1 aliphatic heterocycles. The Bertz CT molecular complexity index is 1240. The van der Waals surface area contributed by atoms with Crippen molar-refractivity contribution in [2.45, 2.75) is 13.0 Å². The maximum absolute atomic E-state index is 12.8. The van der Waals surface area contributed by atoms with Gasteiger partial charge in [0.15, 0.2) is 0 Å². The number of halogens is 2. The fourth-order valence-corrected chi connectivity index (χ4v) is 4.85. The number of amides is 1. The molecule has 0 unspecified atom stereocenters. The van der Waals surface area contributed by atoms with E-state index in [0.29, 0.717) is 46.6 Å². The second kappa shape index (κ2) is 7.94. The molecule has 2 heterocycles. The summed E-state index contributed by atoms with van der Waals surface area (Å²) in [5, 5.41) is 8.17. The lowest BCUT2D eigenvalue weighted by Crippen LogP contribution is -2.27. The average molecular weight is 465 g/mol. The lowest BCUT2D eigenvalue weighted by Gasteiger charge is -2.16. The smallest absolute Gasteiger partial charge is 0.256 e. The number of fused-ring (bicyclic) bond motifs is 1. The number of nitrogens with zero attached hydrogens (tertiary/aromatic N) is 3. The van der Waals surface area contributed by atoms with E-state index in [2.05, 4.69) is 10.4 Å². The van der Waals surface area contributed by atoms with Crippen LogP contribution in [-0.2, 0) is 23.0 Å². The highest BCUT2D eigenvalue weighted by Gasteiger charge is 2.26. The number of anilines is 2. The molecule has 0 fully saturated rings. The highest BCUT2D eigenvalue weighted by molar-refractivity contribution is 7.92. The van der Waals surface area contributed by atoms with E-state index in [1.807, 2.05) is 6.07 Å². The second-order valence-electron chi connectivity index (χ2n) is 6.99. The van der Waals surface area contributed by atoms with Crippen molar-refractivity contribution in [3.63, 3.8) is 0 Å². The van der Waals surface area contributed by atoms with Crippen molar-refractivity contribution < 1.29 is 13.2 Å².